The number of oxazole rings is 1. The normalized spacial score (nSPS) is 10.8. The molecule has 0 bridgehead atoms. The third kappa shape index (κ3) is 4.83. The summed E-state index contributed by atoms with van der Waals surface area (Å²) in [5.41, 5.74) is 3.19. The van der Waals surface area contributed by atoms with Crippen molar-refractivity contribution in [1.82, 2.24) is 9.97 Å². The third-order valence-electron chi connectivity index (χ3n) is 5.23. The lowest BCUT2D eigenvalue weighted by atomic mass is 10.1. The van der Waals surface area contributed by atoms with E-state index in [-0.39, 0.29) is 0 Å². The van der Waals surface area contributed by atoms with Crippen LogP contribution < -0.4 is 23.8 Å². The van der Waals surface area contributed by atoms with Crippen LogP contribution in [0.2, 0.25) is 0 Å². The summed E-state index contributed by atoms with van der Waals surface area (Å²) in [6.07, 6.45) is 3.35. The topological polar surface area (TPSA) is 79.1 Å². The van der Waals surface area contributed by atoms with E-state index in [1.54, 1.807) is 40.8 Å². The van der Waals surface area contributed by atoms with E-state index in [1.165, 1.54) is 0 Å². The number of methoxy groups -OCH3 is 4. The molecule has 0 spiro atoms. The average Bonchev–Trinajstić information content (AvgIpc) is 3.29. The van der Waals surface area contributed by atoms with Gasteiger partial charge in [0, 0.05) is 29.5 Å². The molecule has 9 heteroatoms. The number of pyridine rings is 1. The minimum Gasteiger partial charge on any atom is -0.497 e. The first-order valence-electron chi connectivity index (χ1n) is 10.1. The van der Waals surface area contributed by atoms with Gasteiger partial charge in [-0.3, -0.25) is 4.98 Å². The molecular formula is C24H24BrN3O5. The fourth-order valence-electron chi connectivity index (χ4n) is 3.51. The van der Waals surface area contributed by atoms with Gasteiger partial charge in [0.15, 0.2) is 5.58 Å². The van der Waals surface area contributed by atoms with Gasteiger partial charge in [-0.1, -0.05) is 0 Å². The molecule has 0 unspecified atom stereocenters. The Bertz CT molecular complexity index is 1200. The van der Waals surface area contributed by atoms with E-state index in [9.17, 15) is 0 Å². The molecule has 0 saturated heterocycles. The number of hydrogen-bond donors (Lipinski definition) is 0. The molecule has 2 heterocycles. The molecule has 0 saturated carbocycles. The zero-order chi connectivity index (χ0) is 23.4. The molecule has 33 heavy (non-hydrogen) atoms. The molecule has 0 aliphatic rings. The van der Waals surface area contributed by atoms with Gasteiger partial charge in [0.05, 0.1) is 52.2 Å². The number of benzene rings is 2. The largest absolute Gasteiger partial charge is 0.497 e. The summed E-state index contributed by atoms with van der Waals surface area (Å²) in [6, 6.07) is 11.9. The van der Waals surface area contributed by atoms with Crippen molar-refractivity contribution in [3.05, 3.63) is 64.4 Å². The van der Waals surface area contributed by atoms with E-state index in [0.29, 0.717) is 41.7 Å². The van der Waals surface area contributed by atoms with Crippen molar-refractivity contribution in [2.45, 2.75) is 13.1 Å². The number of anilines is 1. The molecule has 0 N–H and O–H groups in total. The van der Waals surface area contributed by atoms with Crippen LogP contribution in [0.4, 0.5) is 6.01 Å². The van der Waals surface area contributed by atoms with Crippen LogP contribution in [0.3, 0.4) is 0 Å². The van der Waals surface area contributed by atoms with Crippen LogP contribution >= 0.6 is 15.9 Å². The lowest BCUT2D eigenvalue weighted by Gasteiger charge is -2.23. The highest BCUT2D eigenvalue weighted by Crippen LogP contribution is 2.33. The van der Waals surface area contributed by atoms with Crippen LogP contribution in [-0.2, 0) is 13.1 Å². The van der Waals surface area contributed by atoms with Crippen LogP contribution in [0.1, 0.15) is 11.1 Å². The van der Waals surface area contributed by atoms with E-state index in [1.807, 2.05) is 41.3 Å². The zero-order valence-electron chi connectivity index (χ0n) is 18.8. The van der Waals surface area contributed by atoms with Crippen molar-refractivity contribution < 1.29 is 23.4 Å². The molecule has 172 valence electrons. The summed E-state index contributed by atoms with van der Waals surface area (Å²) in [5, 5.41) is 0. The van der Waals surface area contributed by atoms with Gasteiger partial charge >= 0.3 is 0 Å². The summed E-state index contributed by atoms with van der Waals surface area (Å²) in [7, 11) is 6.52. The highest BCUT2D eigenvalue weighted by atomic mass is 79.9. The molecule has 0 atom stereocenters. The average molecular weight is 514 g/mol. The molecule has 2 aromatic heterocycles. The Kier molecular flexibility index (Phi) is 6.88. The second-order valence-corrected chi connectivity index (χ2v) is 8.03. The van der Waals surface area contributed by atoms with Gasteiger partial charge < -0.3 is 28.3 Å². The Balaban J connectivity index is 1.76. The van der Waals surface area contributed by atoms with Crippen LogP contribution in [0.15, 0.2) is 57.7 Å². The summed E-state index contributed by atoms with van der Waals surface area (Å²) in [4.78, 5) is 10.9. The molecule has 0 radical (unpaired) electrons. The minimum absolute atomic E-state index is 0.453. The Morgan fingerprint density at radius 3 is 1.88 bits per heavy atom. The number of aromatic nitrogens is 2. The van der Waals surface area contributed by atoms with Gasteiger partial charge in [-0.05, 0) is 40.2 Å². The Labute approximate surface area is 200 Å². The first-order chi connectivity index (χ1) is 16.1. The van der Waals surface area contributed by atoms with E-state index in [4.69, 9.17) is 23.4 Å². The SMILES string of the molecule is COc1ccc(CN(Cc2ccc(OC)cc2OC)c2nc3cncc(Br)c3o2)c(OC)c1. The number of rotatable bonds is 9. The fourth-order valence-corrected chi connectivity index (χ4v) is 3.92. The molecule has 0 fully saturated rings. The van der Waals surface area contributed by atoms with E-state index in [2.05, 4.69) is 25.9 Å². The quantitative estimate of drug-likeness (QED) is 0.301. The summed E-state index contributed by atoms with van der Waals surface area (Å²) < 4.78 is 28.8. The smallest absolute Gasteiger partial charge is 0.299 e. The number of fused-ring (bicyclic) bond motifs is 1. The molecule has 0 aliphatic heterocycles. The third-order valence-corrected chi connectivity index (χ3v) is 5.79. The number of nitrogens with zero attached hydrogens (tertiary/aromatic N) is 3. The van der Waals surface area contributed by atoms with Crippen molar-refractivity contribution >= 4 is 33.0 Å². The molecular weight excluding hydrogens is 490 g/mol. The molecule has 8 nitrogen and oxygen atoms in total. The Morgan fingerprint density at radius 1 is 0.818 bits per heavy atom. The first kappa shape index (κ1) is 22.7. The highest BCUT2D eigenvalue weighted by Gasteiger charge is 2.20. The predicted molar refractivity (Wildman–Crippen MR) is 128 cm³/mol. The molecule has 4 aromatic rings. The van der Waals surface area contributed by atoms with Crippen LogP contribution in [0, 0.1) is 0 Å². The Hall–Kier alpha value is -3.46. The monoisotopic (exact) mass is 513 g/mol. The number of halogens is 1. The summed E-state index contributed by atoms with van der Waals surface area (Å²) >= 11 is 3.49. The van der Waals surface area contributed by atoms with Crippen molar-refractivity contribution in [2.24, 2.45) is 0 Å². The lowest BCUT2D eigenvalue weighted by Crippen LogP contribution is -2.23. The van der Waals surface area contributed by atoms with E-state index < -0.39 is 0 Å². The summed E-state index contributed by atoms with van der Waals surface area (Å²) in [6.45, 7) is 0.945. The van der Waals surface area contributed by atoms with Gasteiger partial charge in [-0.25, -0.2) is 0 Å². The van der Waals surface area contributed by atoms with E-state index >= 15 is 0 Å². The van der Waals surface area contributed by atoms with Gasteiger partial charge in [0.2, 0.25) is 0 Å². The highest BCUT2D eigenvalue weighted by molar-refractivity contribution is 9.10. The second-order valence-electron chi connectivity index (χ2n) is 7.18. The molecule has 4 rings (SSSR count). The maximum atomic E-state index is 6.14. The van der Waals surface area contributed by atoms with Crippen molar-refractivity contribution in [1.29, 1.82) is 0 Å². The summed E-state index contributed by atoms with van der Waals surface area (Å²) in [5.74, 6) is 2.85. The fraction of sp³-hybridized carbons (Fsp3) is 0.250. The molecule has 0 aliphatic carbocycles. The van der Waals surface area contributed by atoms with Crippen LogP contribution in [0.5, 0.6) is 23.0 Å². The number of ether oxygens (including phenoxy) is 4. The second kappa shape index (κ2) is 9.99. The van der Waals surface area contributed by atoms with Gasteiger partial charge in [-0.15, -0.1) is 0 Å². The predicted octanol–water partition coefficient (Wildman–Crippen LogP) is 5.23. The van der Waals surface area contributed by atoms with Crippen molar-refractivity contribution in [3.63, 3.8) is 0 Å². The first-order valence-corrected chi connectivity index (χ1v) is 10.9. The molecule has 0 amide bonds. The molecule has 2 aromatic carbocycles. The number of hydrogen-bond acceptors (Lipinski definition) is 8. The van der Waals surface area contributed by atoms with Crippen LogP contribution in [0.25, 0.3) is 11.1 Å². The zero-order valence-corrected chi connectivity index (χ0v) is 20.4. The van der Waals surface area contributed by atoms with Crippen LogP contribution in [-0.4, -0.2) is 38.4 Å². The maximum absolute atomic E-state index is 6.14. The van der Waals surface area contributed by atoms with E-state index in [0.717, 1.165) is 27.1 Å². The lowest BCUT2D eigenvalue weighted by molar-refractivity contribution is 0.388. The minimum atomic E-state index is 0.453. The maximum Gasteiger partial charge on any atom is 0.299 e. The van der Waals surface area contributed by atoms with Gasteiger partial charge in [0.1, 0.15) is 28.5 Å². The van der Waals surface area contributed by atoms with Gasteiger partial charge in [-0.2, -0.15) is 4.98 Å². The Morgan fingerprint density at radius 2 is 1.39 bits per heavy atom. The van der Waals surface area contributed by atoms with Gasteiger partial charge in [0.25, 0.3) is 6.01 Å². The standard InChI is InChI=1S/C24H24BrN3O5/c1-29-17-7-5-15(21(9-17)31-3)13-28(14-16-6-8-18(30-2)10-22(16)32-4)24-27-20-12-26-11-19(25)23(20)33-24/h5-12H,13-14H2,1-4H3. The van der Waals surface area contributed by atoms with Crippen molar-refractivity contribution in [2.75, 3.05) is 33.3 Å². The van der Waals surface area contributed by atoms with Crippen molar-refractivity contribution in [3.8, 4) is 23.0 Å².